The van der Waals surface area contributed by atoms with Crippen LogP contribution in [0.1, 0.15) is 19.8 Å². The summed E-state index contributed by atoms with van der Waals surface area (Å²) in [6.07, 6.45) is -2.05. The average Bonchev–Trinajstić information content (AvgIpc) is 2.08. The number of aliphatic carboxylic acids is 1. The highest BCUT2D eigenvalue weighted by Crippen LogP contribution is 2.24. The van der Waals surface area contributed by atoms with Gasteiger partial charge in [-0.15, -0.1) is 0 Å². The Hall–Kier alpha value is -1.40. The molecule has 2 atom stereocenters. The number of carboxylic acids is 1. The highest BCUT2D eigenvalue weighted by atomic mass is 16.4. The van der Waals surface area contributed by atoms with Crippen LogP contribution in [0.2, 0.25) is 0 Å². The van der Waals surface area contributed by atoms with Crippen LogP contribution in [0.15, 0.2) is 11.3 Å². The Labute approximate surface area is 86.2 Å². The summed E-state index contributed by atoms with van der Waals surface area (Å²) in [4.78, 5) is 21.6. The lowest BCUT2D eigenvalue weighted by molar-refractivity contribution is -0.133. The summed E-state index contributed by atoms with van der Waals surface area (Å²) < 4.78 is 0. The fraction of sp³-hybridized carbons (Fsp3) is 0.556. The summed E-state index contributed by atoms with van der Waals surface area (Å²) in [5.41, 5.74) is -0.156. The van der Waals surface area contributed by atoms with Crippen molar-refractivity contribution in [1.29, 1.82) is 0 Å². The molecule has 0 saturated carbocycles. The first-order valence-electron chi connectivity index (χ1n) is 4.52. The number of aliphatic hydroxyl groups is 2. The van der Waals surface area contributed by atoms with Crippen molar-refractivity contribution in [2.75, 3.05) is 0 Å². The lowest BCUT2D eigenvalue weighted by Gasteiger charge is -2.26. The van der Waals surface area contributed by atoms with Gasteiger partial charge in [0.1, 0.15) is 0 Å². The first-order chi connectivity index (χ1) is 6.91. The van der Waals surface area contributed by atoms with Crippen molar-refractivity contribution in [2.45, 2.75) is 32.0 Å². The molecule has 0 fully saturated rings. The van der Waals surface area contributed by atoms with Gasteiger partial charge in [-0.05, 0) is 0 Å². The molecule has 4 N–H and O–H groups in total. The number of nitrogens with one attached hydrogen (secondary N) is 1. The summed E-state index contributed by atoms with van der Waals surface area (Å²) >= 11 is 0. The minimum Gasteiger partial charge on any atom is -0.478 e. The molecule has 0 saturated heterocycles. The van der Waals surface area contributed by atoms with Crippen LogP contribution in [0, 0.1) is 0 Å². The lowest BCUT2D eigenvalue weighted by Crippen LogP contribution is -2.37. The summed E-state index contributed by atoms with van der Waals surface area (Å²) in [6.45, 7) is 1.23. The molecule has 1 aliphatic rings. The van der Waals surface area contributed by atoms with Gasteiger partial charge in [0.2, 0.25) is 5.91 Å². The molecule has 15 heavy (non-hydrogen) atoms. The van der Waals surface area contributed by atoms with Crippen LogP contribution < -0.4 is 5.32 Å². The van der Waals surface area contributed by atoms with Crippen LogP contribution in [0.4, 0.5) is 0 Å². The Morgan fingerprint density at radius 3 is 2.47 bits per heavy atom. The van der Waals surface area contributed by atoms with Crippen molar-refractivity contribution in [2.24, 2.45) is 0 Å². The first kappa shape index (κ1) is 11.7. The third-order valence-electron chi connectivity index (χ3n) is 2.16. The molecule has 6 heteroatoms. The number of rotatable bonds is 2. The predicted molar refractivity (Wildman–Crippen MR) is 49.7 cm³/mol. The van der Waals surface area contributed by atoms with E-state index in [1.807, 2.05) is 0 Å². The Morgan fingerprint density at radius 1 is 1.40 bits per heavy atom. The van der Waals surface area contributed by atoms with E-state index in [0.717, 1.165) is 0 Å². The zero-order valence-corrected chi connectivity index (χ0v) is 8.23. The Balaban J connectivity index is 3.03. The second kappa shape index (κ2) is 4.41. The summed E-state index contributed by atoms with van der Waals surface area (Å²) in [6, 6.07) is 0. The van der Waals surface area contributed by atoms with E-state index in [-0.39, 0.29) is 24.1 Å². The molecule has 0 aromatic heterocycles. The molecule has 0 aliphatic heterocycles. The van der Waals surface area contributed by atoms with Crippen molar-refractivity contribution in [3.63, 3.8) is 0 Å². The third-order valence-corrected chi connectivity index (χ3v) is 2.16. The van der Waals surface area contributed by atoms with Crippen molar-refractivity contribution in [3.8, 4) is 0 Å². The van der Waals surface area contributed by atoms with Crippen molar-refractivity contribution >= 4 is 11.9 Å². The number of aliphatic hydroxyl groups excluding tert-OH is 2. The molecular formula is C9H13NO5. The van der Waals surface area contributed by atoms with Gasteiger partial charge in [-0.1, -0.05) is 0 Å². The largest absolute Gasteiger partial charge is 0.478 e. The fourth-order valence-corrected chi connectivity index (χ4v) is 1.56. The molecule has 1 rings (SSSR count). The standard InChI is InChI=1S/C9H13NO5/c1-4(11)10-8-6(9(14)15)2-5(12)3-7(8)13/h5,7,12-13H,2-3H2,1H3,(H,10,11)(H,14,15). The number of amides is 1. The smallest absolute Gasteiger partial charge is 0.333 e. The van der Waals surface area contributed by atoms with Gasteiger partial charge in [0.15, 0.2) is 0 Å². The van der Waals surface area contributed by atoms with Gasteiger partial charge in [-0.3, -0.25) is 4.79 Å². The molecule has 2 unspecified atom stereocenters. The normalized spacial score (nSPS) is 26.3. The maximum Gasteiger partial charge on any atom is 0.333 e. The average molecular weight is 215 g/mol. The molecular weight excluding hydrogens is 202 g/mol. The Bertz CT molecular complexity index is 322. The number of hydrogen-bond donors (Lipinski definition) is 4. The van der Waals surface area contributed by atoms with Crippen LogP contribution in [0.5, 0.6) is 0 Å². The third kappa shape index (κ3) is 2.77. The topological polar surface area (TPSA) is 107 Å². The molecule has 0 radical (unpaired) electrons. The zero-order chi connectivity index (χ0) is 11.6. The number of hydrogen-bond acceptors (Lipinski definition) is 4. The first-order valence-corrected chi connectivity index (χ1v) is 4.52. The summed E-state index contributed by atoms with van der Waals surface area (Å²) in [5.74, 6) is -1.68. The van der Waals surface area contributed by atoms with Crippen molar-refractivity contribution in [1.82, 2.24) is 5.32 Å². The molecule has 0 spiro atoms. The molecule has 0 aromatic rings. The van der Waals surface area contributed by atoms with Gasteiger partial charge in [-0.25, -0.2) is 4.79 Å². The van der Waals surface area contributed by atoms with Crippen molar-refractivity contribution in [3.05, 3.63) is 11.3 Å². The van der Waals surface area contributed by atoms with Gasteiger partial charge in [0.05, 0.1) is 23.5 Å². The minimum atomic E-state index is -1.24. The van der Waals surface area contributed by atoms with E-state index in [4.69, 9.17) is 5.11 Å². The van der Waals surface area contributed by atoms with Crippen molar-refractivity contribution < 1.29 is 24.9 Å². The molecule has 1 aliphatic carbocycles. The maximum atomic E-state index is 10.8. The van der Waals surface area contributed by atoms with Gasteiger partial charge in [0.25, 0.3) is 0 Å². The van der Waals surface area contributed by atoms with Gasteiger partial charge >= 0.3 is 5.97 Å². The van der Waals surface area contributed by atoms with Crippen LogP contribution in [0.25, 0.3) is 0 Å². The number of carbonyl (C=O) groups is 2. The summed E-state index contributed by atoms with van der Waals surface area (Å²) in [5, 5.41) is 29.9. The van der Waals surface area contributed by atoms with E-state index in [0.29, 0.717) is 0 Å². The van der Waals surface area contributed by atoms with E-state index in [9.17, 15) is 19.8 Å². The number of carboxylic acid groups (broad SMARTS) is 1. The molecule has 0 heterocycles. The molecule has 84 valence electrons. The van der Waals surface area contributed by atoms with E-state index in [2.05, 4.69) is 5.32 Å². The van der Waals surface area contributed by atoms with Crippen LogP contribution in [-0.4, -0.2) is 39.4 Å². The highest BCUT2D eigenvalue weighted by Gasteiger charge is 2.30. The van der Waals surface area contributed by atoms with E-state index < -0.39 is 24.1 Å². The SMILES string of the molecule is CC(=O)NC1=C(C(=O)O)CC(O)CC1O. The van der Waals surface area contributed by atoms with Gasteiger partial charge in [-0.2, -0.15) is 0 Å². The molecule has 0 bridgehead atoms. The van der Waals surface area contributed by atoms with E-state index in [1.165, 1.54) is 6.92 Å². The van der Waals surface area contributed by atoms with Gasteiger partial charge < -0.3 is 20.6 Å². The Kier molecular flexibility index (Phi) is 3.43. The monoisotopic (exact) mass is 215 g/mol. The molecule has 0 aromatic carbocycles. The number of carbonyl (C=O) groups excluding carboxylic acids is 1. The second-order valence-corrected chi connectivity index (χ2v) is 3.49. The molecule has 6 nitrogen and oxygen atoms in total. The lowest BCUT2D eigenvalue weighted by atomic mass is 9.91. The minimum absolute atomic E-state index is 0.0136. The van der Waals surface area contributed by atoms with E-state index >= 15 is 0 Å². The van der Waals surface area contributed by atoms with E-state index in [1.54, 1.807) is 0 Å². The molecule has 1 amide bonds. The Morgan fingerprint density at radius 2 is 2.00 bits per heavy atom. The quantitative estimate of drug-likeness (QED) is 0.471. The van der Waals surface area contributed by atoms with Crippen LogP contribution >= 0.6 is 0 Å². The summed E-state index contributed by atoms with van der Waals surface area (Å²) in [7, 11) is 0. The maximum absolute atomic E-state index is 10.8. The predicted octanol–water partition coefficient (Wildman–Crippen LogP) is -1.02. The van der Waals surface area contributed by atoms with Crippen LogP contribution in [0.3, 0.4) is 0 Å². The van der Waals surface area contributed by atoms with Crippen LogP contribution in [-0.2, 0) is 9.59 Å². The zero-order valence-electron chi connectivity index (χ0n) is 8.23. The fourth-order valence-electron chi connectivity index (χ4n) is 1.56. The highest BCUT2D eigenvalue weighted by molar-refractivity contribution is 5.89. The second-order valence-electron chi connectivity index (χ2n) is 3.49. The van der Waals surface area contributed by atoms with Gasteiger partial charge in [0, 0.05) is 19.8 Å².